The zero-order chi connectivity index (χ0) is 10.4. The van der Waals surface area contributed by atoms with Gasteiger partial charge in [-0.2, -0.15) is 0 Å². The Labute approximate surface area is 96.4 Å². The van der Waals surface area contributed by atoms with E-state index in [2.05, 4.69) is 26.6 Å². The molecule has 1 saturated carbocycles. The van der Waals surface area contributed by atoms with E-state index in [9.17, 15) is 4.39 Å². The topological polar surface area (TPSA) is 24.1 Å². The first-order valence-corrected chi connectivity index (χ1v) is 6.03. The highest BCUT2D eigenvalue weighted by molar-refractivity contribution is 9.10. The standard InChI is InChI=1S/C11H12BrFN2/c12-7-3-10-9(4-8(7)13)14-5-11(15-10)6-1-2-6/h3-4,6,11,14-15H,1-2,5H2. The van der Waals surface area contributed by atoms with Crippen LogP contribution >= 0.6 is 15.9 Å². The molecule has 0 saturated heterocycles. The highest BCUT2D eigenvalue weighted by atomic mass is 79.9. The molecular formula is C11H12BrFN2. The third kappa shape index (κ3) is 1.71. The van der Waals surface area contributed by atoms with Crippen LogP contribution in [0, 0.1) is 11.7 Å². The molecule has 15 heavy (non-hydrogen) atoms. The maximum Gasteiger partial charge on any atom is 0.139 e. The monoisotopic (exact) mass is 270 g/mol. The van der Waals surface area contributed by atoms with Gasteiger partial charge >= 0.3 is 0 Å². The number of hydrogen-bond acceptors (Lipinski definition) is 2. The molecule has 2 N–H and O–H groups in total. The Hall–Kier alpha value is -0.770. The number of hydrogen-bond donors (Lipinski definition) is 2. The van der Waals surface area contributed by atoms with Crippen LogP contribution in [0.2, 0.25) is 0 Å². The molecule has 1 heterocycles. The molecule has 2 aliphatic rings. The minimum Gasteiger partial charge on any atom is -0.381 e. The number of anilines is 2. The lowest BCUT2D eigenvalue weighted by atomic mass is 10.1. The van der Waals surface area contributed by atoms with E-state index in [0.717, 1.165) is 23.8 Å². The van der Waals surface area contributed by atoms with Crippen LogP contribution in [0.5, 0.6) is 0 Å². The summed E-state index contributed by atoms with van der Waals surface area (Å²) in [6.45, 7) is 0.902. The lowest BCUT2D eigenvalue weighted by molar-refractivity contribution is 0.617. The molecule has 1 fully saturated rings. The molecule has 1 atom stereocenters. The van der Waals surface area contributed by atoms with Crippen LogP contribution in [0.1, 0.15) is 12.8 Å². The van der Waals surface area contributed by atoms with Crippen molar-refractivity contribution in [2.75, 3.05) is 17.2 Å². The summed E-state index contributed by atoms with van der Waals surface area (Å²) in [5.74, 6) is 0.586. The molecule has 1 aliphatic carbocycles. The van der Waals surface area contributed by atoms with E-state index < -0.39 is 0 Å². The molecule has 1 aromatic rings. The van der Waals surface area contributed by atoms with E-state index in [1.54, 1.807) is 0 Å². The summed E-state index contributed by atoms with van der Waals surface area (Å²) in [4.78, 5) is 0. The minimum absolute atomic E-state index is 0.215. The number of rotatable bonds is 1. The average molecular weight is 271 g/mol. The van der Waals surface area contributed by atoms with Crippen molar-refractivity contribution in [2.24, 2.45) is 5.92 Å². The fourth-order valence-electron chi connectivity index (χ4n) is 2.07. The Balaban J connectivity index is 1.91. The van der Waals surface area contributed by atoms with Crippen molar-refractivity contribution in [2.45, 2.75) is 18.9 Å². The Morgan fingerprint density at radius 3 is 2.80 bits per heavy atom. The normalized spacial score (nSPS) is 24.0. The van der Waals surface area contributed by atoms with Crippen LogP contribution in [0.4, 0.5) is 15.8 Å². The Morgan fingerprint density at radius 2 is 2.07 bits per heavy atom. The van der Waals surface area contributed by atoms with Crippen molar-refractivity contribution in [3.8, 4) is 0 Å². The van der Waals surface area contributed by atoms with Gasteiger partial charge in [0.2, 0.25) is 0 Å². The van der Waals surface area contributed by atoms with Gasteiger partial charge in [0.25, 0.3) is 0 Å². The minimum atomic E-state index is -0.215. The molecule has 0 radical (unpaired) electrons. The van der Waals surface area contributed by atoms with Gasteiger partial charge in [0.15, 0.2) is 0 Å². The van der Waals surface area contributed by atoms with Gasteiger partial charge in [0.1, 0.15) is 5.82 Å². The van der Waals surface area contributed by atoms with Crippen molar-refractivity contribution in [3.05, 3.63) is 22.4 Å². The smallest absolute Gasteiger partial charge is 0.139 e. The predicted octanol–water partition coefficient (Wildman–Crippen LogP) is 3.20. The summed E-state index contributed by atoms with van der Waals surface area (Å²) in [5, 5.41) is 6.75. The Morgan fingerprint density at radius 1 is 1.27 bits per heavy atom. The van der Waals surface area contributed by atoms with Crippen molar-refractivity contribution >= 4 is 27.3 Å². The van der Waals surface area contributed by atoms with E-state index in [1.165, 1.54) is 18.9 Å². The lowest BCUT2D eigenvalue weighted by Crippen LogP contribution is -2.34. The molecule has 2 nitrogen and oxygen atoms in total. The molecule has 1 aromatic carbocycles. The summed E-state index contributed by atoms with van der Waals surface area (Å²) >= 11 is 3.20. The van der Waals surface area contributed by atoms with E-state index >= 15 is 0 Å². The van der Waals surface area contributed by atoms with Crippen LogP contribution in [0.15, 0.2) is 16.6 Å². The molecule has 0 spiro atoms. The van der Waals surface area contributed by atoms with Crippen molar-refractivity contribution in [3.63, 3.8) is 0 Å². The van der Waals surface area contributed by atoms with Crippen molar-refractivity contribution in [1.29, 1.82) is 0 Å². The van der Waals surface area contributed by atoms with Gasteiger partial charge in [-0.15, -0.1) is 0 Å². The molecule has 0 bridgehead atoms. The third-order valence-electron chi connectivity index (χ3n) is 3.10. The second kappa shape index (κ2) is 3.37. The average Bonchev–Trinajstić information content (AvgIpc) is 3.02. The van der Waals surface area contributed by atoms with Gasteiger partial charge in [0.05, 0.1) is 15.8 Å². The van der Waals surface area contributed by atoms with E-state index in [-0.39, 0.29) is 5.82 Å². The van der Waals surface area contributed by atoms with Crippen LogP contribution < -0.4 is 10.6 Å². The molecule has 1 unspecified atom stereocenters. The second-order valence-electron chi connectivity index (χ2n) is 4.28. The zero-order valence-corrected chi connectivity index (χ0v) is 9.77. The van der Waals surface area contributed by atoms with Gasteiger partial charge in [0, 0.05) is 18.7 Å². The number of fused-ring (bicyclic) bond motifs is 1. The van der Waals surface area contributed by atoms with Gasteiger partial charge in [-0.3, -0.25) is 0 Å². The summed E-state index contributed by atoms with van der Waals surface area (Å²) in [5.41, 5.74) is 1.87. The molecule has 1 aliphatic heterocycles. The first-order valence-electron chi connectivity index (χ1n) is 5.23. The number of nitrogens with one attached hydrogen (secondary N) is 2. The quantitative estimate of drug-likeness (QED) is 0.819. The Kier molecular flexibility index (Phi) is 2.12. The van der Waals surface area contributed by atoms with Gasteiger partial charge < -0.3 is 10.6 Å². The van der Waals surface area contributed by atoms with Crippen LogP contribution in [0.3, 0.4) is 0 Å². The summed E-state index contributed by atoms with van der Waals surface area (Å²) in [7, 11) is 0. The zero-order valence-electron chi connectivity index (χ0n) is 8.19. The summed E-state index contributed by atoms with van der Waals surface area (Å²) < 4.78 is 13.8. The van der Waals surface area contributed by atoms with Gasteiger partial charge in [-0.25, -0.2) is 4.39 Å². The van der Waals surface area contributed by atoms with E-state index in [1.807, 2.05) is 6.07 Å². The fourth-order valence-corrected chi connectivity index (χ4v) is 2.41. The number of halogens is 2. The van der Waals surface area contributed by atoms with E-state index in [4.69, 9.17) is 0 Å². The van der Waals surface area contributed by atoms with Crippen LogP contribution in [0.25, 0.3) is 0 Å². The maximum atomic E-state index is 13.3. The van der Waals surface area contributed by atoms with E-state index in [0.29, 0.717) is 10.5 Å². The fraction of sp³-hybridized carbons (Fsp3) is 0.455. The van der Waals surface area contributed by atoms with Crippen molar-refractivity contribution in [1.82, 2.24) is 0 Å². The third-order valence-corrected chi connectivity index (χ3v) is 3.71. The van der Waals surface area contributed by atoms with Gasteiger partial charge in [-0.1, -0.05) is 0 Å². The SMILES string of the molecule is Fc1cc2c(cc1Br)NC(C1CC1)CN2. The lowest BCUT2D eigenvalue weighted by Gasteiger charge is -2.28. The largest absolute Gasteiger partial charge is 0.381 e. The molecule has 0 aromatic heterocycles. The molecule has 80 valence electrons. The molecule has 3 rings (SSSR count). The number of benzene rings is 1. The highest BCUT2D eigenvalue weighted by Crippen LogP contribution is 2.39. The summed E-state index contributed by atoms with van der Waals surface area (Å²) in [6, 6.07) is 3.86. The Bertz CT molecular complexity index is 404. The second-order valence-corrected chi connectivity index (χ2v) is 5.14. The predicted molar refractivity (Wildman–Crippen MR) is 62.7 cm³/mol. The molecular weight excluding hydrogens is 259 g/mol. The van der Waals surface area contributed by atoms with Crippen molar-refractivity contribution < 1.29 is 4.39 Å². The van der Waals surface area contributed by atoms with Crippen LogP contribution in [-0.4, -0.2) is 12.6 Å². The van der Waals surface area contributed by atoms with Gasteiger partial charge in [-0.05, 0) is 40.8 Å². The summed E-state index contributed by atoms with van der Waals surface area (Å²) in [6.07, 6.45) is 2.63. The highest BCUT2D eigenvalue weighted by Gasteiger charge is 2.33. The first-order chi connectivity index (χ1) is 7.24. The molecule has 4 heteroatoms. The molecule has 0 amide bonds. The maximum absolute atomic E-state index is 13.3. The van der Waals surface area contributed by atoms with Crippen LogP contribution in [-0.2, 0) is 0 Å². The first kappa shape index (κ1) is 9.46.